The van der Waals surface area contributed by atoms with Gasteiger partial charge in [-0.15, -0.1) is 0 Å². The van der Waals surface area contributed by atoms with E-state index in [4.69, 9.17) is 16.6 Å². The van der Waals surface area contributed by atoms with E-state index in [2.05, 4.69) is 37.1 Å². The molecule has 2 aromatic rings. The molecule has 2 atom stereocenters. The minimum Gasteiger partial charge on any atom is -0.310 e. The van der Waals surface area contributed by atoms with Crippen molar-refractivity contribution in [2.75, 3.05) is 5.32 Å². The molecule has 1 amide bonds. The molecule has 2 unspecified atom stereocenters. The van der Waals surface area contributed by atoms with Crippen molar-refractivity contribution < 1.29 is 4.79 Å². The van der Waals surface area contributed by atoms with Crippen LogP contribution in [0.1, 0.15) is 63.8 Å². The summed E-state index contributed by atoms with van der Waals surface area (Å²) in [5.74, 6) is 0.894. The number of carbonyl (C=O) groups is 1. The first-order valence-electron chi connectivity index (χ1n) is 10.8. The van der Waals surface area contributed by atoms with E-state index in [1.165, 1.54) is 23.5 Å². The molecule has 3 rings (SSSR count). The lowest BCUT2D eigenvalue weighted by molar-refractivity contribution is -0.115. The lowest BCUT2D eigenvalue weighted by Crippen LogP contribution is -2.29. The fourth-order valence-electron chi connectivity index (χ4n) is 3.88. The number of nitriles is 1. The summed E-state index contributed by atoms with van der Waals surface area (Å²) in [6, 6.07) is 7.64. The van der Waals surface area contributed by atoms with Crippen molar-refractivity contribution in [2.45, 2.75) is 70.1 Å². The van der Waals surface area contributed by atoms with Crippen LogP contribution in [0, 0.1) is 22.7 Å². The number of hydrogen-bond acceptors (Lipinski definition) is 5. The Balaban J connectivity index is 1.78. The summed E-state index contributed by atoms with van der Waals surface area (Å²) < 4.78 is 0. The summed E-state index contributed by atoms with van der Waals surface area (Å²) in [5.41, 5.74) is 3.08. The molecule has 164 valence electrons. The summed E-state index contributed by atoms with van der Waals surface area (Å²) in [7, 11) is 0. The van der Waals surface area contributed by atoms with Crippen LogP contribution in [-0.4, -0.2) is 21.1 Å². The highest BCUT2D eigenvalue weighted by Crippen LogP contribution is 2.40. The topological polar surface area (TPSA) is 78.7 Å². The SMILES string of the molecule is CCC(Sc1nc2c(cc1C#N)CC(C(C)(C)CC)CC2)C(=O)Nc1ccc(Cl)cn1. The molecule has 0 fully saturated rings. The zero-order valence-corrected chi connectivity index (χ0v) is 20.1. The second-order valence-electron chi connectivity index (χ2n) is 8.71. The average Bonchev–Trinajstić information content (AvgIpc) is 2.77. The van der Waals surface area contributed by atoms with E-state index >= 15 is 0 Å². The van der Waals surface area contributed by atoms with Gasteiger partial charge >= 0.3 is 0 Å². The summed E-state index contributed by atoms with van der Waals surface area (Å²) in [6.07, 6.45) is 6.23. The van der Waals surface area contributed by atoms with Gasteiger partial charge in [0, 0.05) is 11.9 Å². The van der Waals surface area contributed by atoms with Crippen molar-refractivity contribution in [2.24, 2.45) is 11.3 Å². The number of hydrogen-bond donors (Lipinski definition) is 1. The molecule has 5 nitrogen and oxygen atoms in total. The molecule has 0 saturated carbocycles. The Hall–Kier alpha value is -2.10. The maximum absolute atomic E-state index is 12.8. The Morgan fingerprint density at radius 2 is 2.19 bits per heavy atom. The fourth-order valence-corrected chi connectivity index (χ4v) is 4.99. The van der Waals surface area contributed by atoms with Crippen molar-refractivity contribution in [3.63, 3.8) is 0 Å². The van der Waals surface area contributed by atoms with E-state index in [1.807, 2.05) is 13.0 Å². The number of anilines is 1. The van der Waals surface area contributed by atoms with Crippen LogP contribution in [0.15, 0.2) is 29.4 Å². The van der Waals surface area contributed by atoms with E-state index in [9.17, 15) is 10.1 Å². The number of pyridine rings is 2. The van der Waals surface area contributed by atoms with Crippen LogP contribution in [0.4, 0.5) is 5.82 Å². The van der Waals surface area contributed by atoms with Crippen LogP contribution in [0.25, 0.3) is 0 Å². The van der Waals surface area contributed by atoms with E-state index in [0.29, 0.717) is 33.8 Å². The molecule has 0 aromatic carbocycles. The van der Waals surface area contributed by atoms with Crippen molar-refractivity contribution in [1.29, 1.82) is 5.26 Å². The molecule has 0 saturated heterocycles. The summed E-state index contributed by atoms with van der Waals surface area (Å²) >= 11 is 7.22. The highest BCUT2D eigenvalue weighted by molar-refractivity contribution is 8.00. The van der Waals surface area contributed by atoms with Crippen LogP contribution < -0.4 is 5.32 Å². The van der Waals surface area contributed by atoms with Gasteiger partial charge in [0.05, 0.1) is 15.8 Å². The lowest BCUT2D eigenvalue weighted by atomic mass is 9.69. The third-order valence-corrected chi connectivity index (χ3v) is 7.97. The number of nitrogens with one attached hydrogen (secondary N) is 1. The van der Waals surface area contributed by atoms with E-state index in [-0.39, 0.29) is 16.6 Å². The molecule has 2 heterocycles. The maximum atomic E-state index is 12.8. The van der Waals surface area contributed by atoms with Gasteiger partial charge in [0.15, 0.2) is 0 Å². The Bertz CT molecular complexity index is 984. The number of fused-ring (bicyclic) bond motifs is 1. The van der Waals surface area contributed by atoms with Crippen molar-refractivity contribution >= 4 is 35.1 Å². The van der Waals surface area contributed by atoms with Gasteiger partial charge in [0.2, 0.25) is 5.91 Å². The predicted molar refractivity (Wildman–Crippen MR) is 126 cm³/mol. The van der Waals surface area contributed by atoms with Crippen LogP contribution in [0.5, 0.6) is 0 Å². The van der Waals surface area contributed by atoms with Crippen LogP contribution in [-0.2, 0) is 17.6 Å². The third-order valence-electron chi connectivity index (χ3n) is 6.38. The van der Waals surface area contributed by atoms with Gasteiger partial charge in [-0.25, -0.2) is 9.97 Å². The number of rotatable bonds is 7. The second kappa shape index (κ2) is 10.0. The summed E-state index contributed by atoms with van der Waals surface area (Å²) in [6.45, 7) is 8.84. The number of halogens is 1. The van der Waals surface area contributed by atoms with Gasteiger partial charge in [-0.1, -0.05) is 57.5 Å². The minimum atomic E-state index is -0.370. The molecule has 1 aliphatic carbocycles. The molecule has 0 radical (unpaired) electrons. The first kappa shape index (κ1) is 23.6. The van der Waals surface area contributed by atoms with Gasteiger partial charge in [-0.2, -0.15) is 5.26 Å². The molecule has 31 heavy (non-hydrogen) atoms. The van der Waals surface area contributed by atoms with Crippen molar-refractivity contribution in [1.82, 2.24) is 9.97 Å². The Kier molecular flexibility index (Phi) is 7.61. The molecule has 0 spiro atoms. The maximum Gasteiger partial charge on any atom is 0.239 e. The largest absolute Gasteiger partial charge is 0.310 e. The minimum absolute atomic E-state index is 0.157. The first-order chi connectivity index (χ1) is 14.8. The smallest absolute Gasteiger partial charge is 0.239 e. The second-order valence-corrected chi connectivity index (χ2v) is 10.3. The van der Waals surface area contributed by atoms with Crippen LogP contribution in [0.2, 0.25) is 5.02 Å². The van der Waals surface area contributed by atoms with E-state index in [1.54, 1.807) is 12.1 Å². The average molecular weight is 457 g/mol. The van der Waals surface area contributed by atoms with Crippen LogP contribution >= 0.6 is 23.4 Å². The number of amides is 1. The fraction of sp³-hybridized carbons (Fsp3) is 0.500. The number of aromatic nitrogens is 2. The monoisotopic (exact) mass is 456 g/mol. The van der Waals surface area contributed by atoms with Gasteiger partial charge in [0.1, 0.15) is 16.9 Å². The molecular formula is C24H29ClN4OS. The normalized spacial score (nSPS) is 16.8. The molecule has 2 aromatic heterocycles. The van der Waals surface area contributed by atoms with Gasteiger partial charge in [-0.3, -0.25) is 4.79 Å². The van der Waals surface area contributed by atoms with Crippen LogP contribution in [0.3, 0.4) is 0 Å². The molecular weight excluding hydrogens is 428 g/mol. The van der Waals surface area contributed by atoms with Gasteiger partial charge in [0.25, 0.3) is 0 Å². The summed E-state index contributed by atoms with van der Waals surface area (Å²) in [4.78, 5) is 21.8. The van der Waals surface area contributed by atoms with Gasteiger partial charge in [-0.05, 0) is 60.8 Å². The van der Waals surface area contributed by atoms with Crippen molar-refractivity contribution in [3.8, 4) is 6.07 Å². The number of carbonyl (C=O) groups excluding carboxylic acids is 1. The molecule has 7 heteroatoms. The zero-order chi connectivity index (χ0) is 22.6. The van der Waals surface area contributed by atoms with E-state index < -0.39 is 0 Å². The third kappa shape index (κ3) is 5.58. The predicted octanol–water partition coefficient (Wildman–Crippen LogP) is 6.05. The quantitative estimate of drug-likeness (QED) is 0.513. The van der Waals surface area contributed by atoms with Gasteiger partial charge < -0.3 is 5.32 Å². The zero-order valence-electron chi connectivity index (χ0n) is 18.5. The number of nitrogens with zero attached hydrogens (tertiary/aromatic N) is 3. The lowest BCUT2D eigenvalue weighted by Gasteiger charge is -2.37. The Morgan fingerprint density at radius 3 is 2.81 bits per heavy atom. The molecule has 0 bridgehead atoms. The first-order valence-corrected chi connectivity index (χ1v) is 12.0. The summed E-state index contributed by atoms with van der Waals surface area (Å²) in [5, 5.41) is 13.4. The highest BCUT2D eigenvalue weighted by Gasteiger charge is 2.32. The Labute approximate surface area is 194 Å². The number of thioether (sulfide) groups is 1. The Morgan fingerprint density at radius 1 is 1.42 bits per heavy atom. The standard InChI is InChI=1S/C24H29ClN4OS/c1-5-20(22(30)29-21-10-8-18(25)14-27-21)31-23-16(13-26)11-15-12-17(24(3,4)6-2)7-9-19(15)28-23/h8,10-11,14,17,20H,5-7,9,12H2,1-4H3,(H,27,29,30). The highest BCUT2D eigenvalue weighted by atomic mass is 35.5. The van der Waals surface area contributed by atoms with Crippen molar-refractivity contribution in [3.05, 3.63) is 46.2 Å². The number of aryl methyl sites for hydroxylation is 1. The molecule has 0 aliphatic heterocycles. The molecule has 1 aliphatic rings. The molecule has 1 N–H and O–H groups in total. The van der Waals surface area contributed by atoms with E-state index in [0.717, 1.165) is 31.4 Å².